The van der Waals surface area contributed by atoms with Crippen molar-refractivity contribution in [2.24, 2.45) is 0 Å². The van der Waals surface area contributed by atoms with Gasteiger partial charge in [-0.05, 0) is 23.3 Å². The van der Waals surface area contributed by atoms with E-state index in [0.29, 0.717) is 6.61 Å². The second-order valence-electron chi connectivity index (χ2n) is 2.50. The zero-order valence-corrected chi connectivity index (χ0v) is 8.47. The molecule has 0 bridgehead atoms. The van der Waals surface area contributed by atoms with E-state index in [1.54, 1.807) is 7.11 Å². The van der Waals surface area contributed by atoms with Gasteiger partial charge < -0.3 is 9.84 Å². The van der Waals surface area contributed by atoms with E-state index < -0.39 is 0 Å². The van der Waals surface area contributed by atoms with E-state index in [-0.39, 0.29) is 6.61 Å². The van der Waals surface area contributed by atoms with Gasteiger partial charge in [-0.15, -0.1) is 0 Å². The topological polar surface area (TPSA) is 29.5 Å². The lowest BCUT2D eigenvalue weighted by molar-refractivity contribution is 0.181. The van der Waals surface area contributed by atoms with Crippen molar-refractivity contribution >= 4 is 15.9 Å². The summed E-state index contributed by atoms with van der Waals surface area (Å²) in [5.41, 5.74) is 1.94. The number of hydrogen-bond acceptors (Lipinski definition) is 2. The van der Waals surface area contributed by atoms with Crippen molar-refractivity contribution in [1.29, 1.82) is 0 Å². The van der Waals surface area contributed by atoms with Crippen LogP contribution in [0.4, 0.5) is 0 Å². The predicted molar refractivity (Wildman–Crippen MR) is 50.8 cm³/mol. The summed E-state index contributed by atoms with van der Waals surface area (Å²) in [5, 5.41) is 8.99. The van der Waals surface area contributed by atoms with Gasteiger partial charge in [0.05, 0.1) is 13.2 Å². The number of hydrogen-bond donors (Lipinski definition) is 1. The molecule has 0 heterocycles. The maximum Gasteiger partial charge on any atom is 0.0716 e. The molecule has 0 saturated heterocycles. The third-order valence-electron chi connectivity index (χ3n) is 1.64. The molecule has 0 aliphatic rings. The molecular weight excluding hydrogens is 220 g/mol. The Balaban J connectivity index is 2.94. The van der Waals surface area contributed by atoms with Crippen LogP contribution in [-0.4, -0.2) is 12.2 Å². The van der Waals surface area contributed by atoms with Crippen LogP contribution in [0.25, 0.3) is 0 Å². The third kappa shape index (κ3) is 2.30. The van der Waals surface area contributed by atoms with E-state index in [2.05, 4.69) is 15.9 Å². The van der Waals surface area contributed by atoms with Gasteiger partial charge in [-0.25, -0.2) is 0 Å². The first-order valence-electron chi connectivity index (χ1n) is 3.65. The second-order valence-corrected chi connectivity index (χ2v) is 3.42. The van der Waals surface area contributed by atoms with Crippen molar-refractivity contribution in [3.63, 3.8) is 0 Å². The summed E-state index contributed by atoms with van der Waals surface area (Å²) in [6.07, 6.45) is 0. The van der Waals surface area contributed by atoms with Gasteiger partial charge in [0.25, 0.3) is 0 Å². The van der Waals surface area contributed by atoms with Crippen molar-refractivity contribution in [2.75, 3.05) is 7.11 Å². The molecule has 1 rings (SSSR count). The molecule has 0 atom stereocenters. The van der Waals surface area contributed by atoms with E-state index in [9.17, 15) is 0 Å². The molecule has 12 heavy (non-hydrogen) atoms. The van der Waals surface area contributed by atoms with Crippen molar-refractivity contribution < 1.29 is 9.84 Å². The Hall–Kier alpha value is -0.380. The molecule has 0 unspecified atom stereocenters. The van der Waals surface area contributed by atoms with Crippen LogP contribution in [0.2, 0.25) is 0 Å². The number of halogens is 1. The van der Waals surface area contributed by atoms with Crippen molar-refractivity contribution in [2.45, 2.75) is 13.2 Å². The van der Waals surface area contributed by atoms with Gasteiger partial charge in [-0.3, -0.25) is 0 Å². The van der Waals surface area contributed by atoms with Crippen molar-refractivity contribution in [3.8, 4) is 0 Å². The number of aliphatic hydroxyl groups excluding tert-OH is 1. The maximum absolute atomic E-state index is 8.99. The molecular formula is C9H11BrO2. The quantitative estimate of drug-likeness (QED) is 0.862. The molecule has 66 valence electrons. The predicted octanol–water partition coefficient (Wildman–Crippen LogP) is 2.09. The molecule has 0 aliphatic heterocycles. The second kappa shape index (κ2) is 4.60. The number of rotatable bonds is 3. The van der Waals surface area contributed by atoms with Gasteiger partial charge in [0, 0.05) is 11.6 Å². The lowest BCUT2D eigenvalue weighted by Crippen LogP contribution is -1.95. The van der Waals surface area contributed by atoms with Crippen LogP contribution in [0.3, 0.4) is 0 Å². The fourth-order valence-corrected chi connectivity index (χ4v) is 1.45. The molecule has 0 fully saturated rings. The van der Waals surface area contributed by atoms with Gasteiger partial charge in [0.1, 0.15) is 0 Å². The largest absolute Gasteiger partial charge is 0.392 e. The molecule has 3 heteroatoms. The first-order valence-corrected chi connectivity index (χ1v) is 4.44. The number of methoxy groups -OCH3 is 1. The van der Waals surface area contributed by atoms with Gasteiger partial charge in [0.15, 0.2) is 0 Å². The Morgan fingerprint density at radius 3 is 2.75 bits per heavy atom. The summed E-state index contributed by atoms with van der Waals surface area (Å²) in [7, 11) is 1.64. The highest BCUT2D eigenvalue weighted by Gasteiger charge is 2.00. The highest BCUT2D eigenvalue weighted by atomic mass is 79.9. The Labute approximate surface area is 80.3 Å². The fourth-order valence-electron chi connectivity index (χ4n) is 1.04. The molecule has 1 N–H and O–H groups in total. The normalized spacial score (nSPS) is 10.2. The minimum Gasteiger partial charge on any atom is -0.392 e. The maximum atomic E-state index is 8.99. The minimum absolute atomic E-state index is 0.0537. The van der Waals surface area contributed by atoms with Crippen LogP contribution in [0.5, 0.6) is 0 Å². The fraction of sp³-hybridized carbons (Fsp3) is 0.333. The van der Waals surface area contributed by atoms with Crippen LogP contribution in [-0.2, 0) is 18.0 Å². The molecule has 0 saturated carbocycles. The van der Waals surface area contributed by atoms with Crippen molar-refractivity contribution in [3.05, 3.63) is 33.8 Å². The summed E-state index contributed by atoms with van der Waals surface area (Å²) in [6.45, 7) is 0.599. The molecule has 0 spiro atoms. The van der Waals surface area contributed by atoms with Gasteiger partial charge in [-0.2, -0.15) is 0 Å². The molecule has 1 aromatic carbocycles. The van der Waals surface area contributed by atoms with E-state index in [1.807, 2.05) is 18.2 Å². The lowest BCUT2D eigenvalue weighted by Gasteiger charge is -2.06. The SMILES string of the molecule is COCc1ccc(Br)cc1CO. The van der Waals surface area contributed by atoms with E-state index >= 15 is 0 Å². The van der Waals surface area contributed by atoms with Crippen LogP contribution in [0.1, 0.15) is 11.1 Å². The minimum atomic E-state index is 0.0537. The Kier molecular flexibility index (Phi) is 3.72. The monoisotopic (exact) mass is 230 g/mol. The highest BCUT2D eigenvalue weighted by molar-refractivity contribution is 9.10. The first kappa shape index (κ1) is 9.71. The summed E-state index contributed by atoms with van der Waals surface area (Å²) in [4.78, 5) is 0. The summed E-state index contributed by atoms with van der Waals surface area (Å²) in [6, 6.07) is 5.78. The number of benzene rings is 1. The molecule has 0 radical (unpaired) electrons. The van der Waals surface area contributed by atoms with Crippen LogP contribution >= 0.6 is 15.9 Å². The standard InChI is InChI=1S/C9H11BrO2/c1-12-6-7-2-3-9(10)4-8(7)5-11/h2-4,11H,5-6H2,1H3. The third-order valence-corrected chi connectivity index (χ3v) is 2.13. The molecule has 0 amide bonds. The summed E-state index contributed by atoms with van der Waals surface area (Å²) in [5.74, 6) is 0. The zero-order valence-electron chi connectivity index (χ0n) is 6.88. The summed E-state index contributed by atoms with van der Waals surface area (Å²) < 4.78 is 5.96. The Morgan fingerprint density at radius 1 is 1.42 bits per heavy atom. The molecule has 1 aromatic rings. The smallest absolute Gasteiger partial charge is 0.0716 e. The van der Waals surface area contributed by atoms with Crippen molar-refractivity contribution in [1.82, 2.24) is 0 Å². The van der Waals surface area contributed by atoms with Crippen LogP contribution in [0.15, 0.2) is 22.7 Å². The molecule has 2 nitrogen and oxygen atoms in total. The number of aliphatic hydroxyl groups is 1. The Morgan fingerprint density at radius 2 is 2.17 bits per heavy atom. The molecule has 0 aromatic heterocycles. The van der Waals surface area contributed by atoms with Gasteiger partial charge >= 0.3 is 0 Å². The van der Waals surface area contributed by atoms with Gasteiger partial charge in [-0.1, -0.05) is 22.0 Å². The van der Waals surface area contributed by atoms with Gasteiger partial charge in [0.2, 0.25) is 0 Å². The first-order chi connectivity index (χ1) is 5.77. The van der Waals surface area contributed by atoms with E-state index in [4.69, 9.17) is 9.84 Å². The van der Waals surface area contributed by atoms with E-state index in [0.717, 1.165) is 15.6 Å². The highest BCUT2D eigenvalue weighted by Crippen LogP contribution is 2.17. The molecule has 0 aliphatic carbocycles. The average molecular weight is 231 g/mol. The lowest BCUT2D eigenvalue weighted by atomic mass is 10.1. The Bertz CT molecular complexity index is 261. The zero-order chi connectivity index (χ0) is 8.97. The number of ether oxygens (including phenoxy) is 1. The average Bonchev–Trinajstić information content (AvgIpc) is 2.08. The van der Waals surface area contributed by atoms with E-state index in [1.165, 1.54) is 0 Å². The van der Waals surface area contributed by atoms with Crippen LogP contribution < -0.4 is 0 Å². The van der Waals surface area contributed by atoms with Crippen LogP contribution in [0, 0.1) is 0 Å². The summed E-state index contributed by atoms with van der Waals surface area (Å²) >= 11 is 3.34.